The van der Waals surface area contributed by atoms with E-state index in [0.717, 1.165) is 10.7 Å². The van der Waals surface area contributed by atoms with Crippen LogP contribution in [0.5, 0.6) is 0 Å². The minimum atomic E-state index is -4.58. The summed E-state index contributed by atoms with van der Waals surface area (Å²) in [7, 11) is 1.36. The predicted octanol–water partition coefficient (Wildman–Crippen LogP) is 3.86. The van der Waals surface area contributed by atoms with E-state index in [-0.39, 0.29) is 34.2 Å². The highest BCUT2D eigenvalue weighted by Crippen LogP contribution is 2.33. The number of aryl methyl sites for hydroxylation is 1. The number of benzene rings is 1. The lowest BCUT2D eigenvalue weighted by Gasteiger charge is -2.09. The largest absolute Gasteiger partial charge is 0.508 e. The standard InChI is InChI=1S/C19H16F3N5O2/c1-10(28)11-4-3-5-12(8-11)18(29)25-16-7-6-13(17(23)24-16)14-9-15(19(20,21)22)26-27(14)2/h3-9,28H,1H2,2H3,(H3,23,24,25,29). The van der Waals surface area contributed by atoms with E-state index in [0.29, 0.717) is 5.56 Å². The lowest BCUT2D eigenvalue weighted by Crippen LogP contribution is -2.14. The monoisotopic (exact) mass is 403 g/mol. The molecule has 0 fully saturated rings. The van der Waals surface area contributed by atoms with Crippen molar-refractivity contribution < 1.29 is 23.1 Å². The summed E-state index contributed by atoms with van der Waals surface area (Å²) in [5.74, 6) is -0.645. The molecule has 0 saturated heterocycles. The van der Waals surface area contributed by atoms with Gasteiger partial charge in [0.2, 0.25) is 0 Å². The van der Waals surface area contributed by atoms with Crippen molar-refractivity contribution in [1.29, 1.82) is 0 Å². The van der Waals surface area contributed by atoms with Gasteiger partial charge in [-0.3, -0.25) is 9.48 Å². The van der Waals surface area contributed by atoms with Crippen molar-refractivity contribution >= 4 is 23.3 Å². The number of pyridine rings is 1. The van der Waals surface area contributed by atoms with Crippen LogP contribution in [-0.4, -0.2) is 25.8 Å². The Kier molecular flexibility index (Phi) is 5.02. The highest BCUT2D eigenvalue weighted by atomic mass is 19.4. The molecule has 2 aromatic heterocycles. The van der Waals surface area contributed by atoms with E-state index < -0.39 is 17.8 Å². The van der Waals surface area contributed by atoms with Crippen LogP contribution in [0, 0.1) is 0 Å². The van der Waals surface area contributed by atoms with Gasteiger partial charge in [-0.25, -0.2) is 4.98 Å². The molecule has 0 radical (unpaired) electrons. The van der Waals surface area contributed by atoms with Gasteiger partial charge in [0, 0.05) is 23.7 Å². The van der Waals surface area contributed by atoms with Gasteiger partial charge in [0.05, 0.1) is 5.69 Å². The Labute approximate surface area is 163 Å². The van der Waals surface area contributed by atoms with Crippen LogP contribution < -0.4 is 11.1 Å². The van der Waals surface area contributed by atoms with Gasteiger partial charge in [0.1, 0.15) is 17.4 Å². The number of aliphatic hydroxyl groups excluding tert-OH is 1. The number of rotatable bonds is 4. The van der Waals surface area contributed by atoms with E-state index in [2.05, 4.69) is 22.0 Å². The molecule has 0 unspecified atom stereocenters. The Balaban J connectivity index is 1.85. The molecule has 0 saturated carbocycles. The second-order valence-corrected chi connectivity index (χ2v) is 6.15. The Bertz CT molecular complexity index is 1110. The third kappa shape index (κ3) is 4.21. The van der Waals surface area contributed by atoms with Gasteiger partial charge >= 0.3 is 6.18 Å². The third-order valence-corrected chi connectivity index (χ3v) is 4.07. The lowest BCUT2D eigenvalue weighted by atomic mass is 10.1. The summed E-state index contributed by atoms with van der Waals surface area (Å²) < 4.78 is 39.6. The van der Waals surface area contributed by atoms with Gasteiger partial charge in [-0.15, -0.1) is 0 Å². The molecule has 150 valence electrons. The van der Waals surface area contributed by atoms with Crippen molar-refractivity contribution in [1.82, 2.24) is 14.8 Å². The molecule has 0 spiro atoms. The van der Waals surface area contributed by atoms with Crippen molar-refractivity contribution in [3.63, 3.8) is 0 Å². The van der Waals surface area contributed by atoms with Crippen LogP contribution in [0.25, 0.3) is 17.0 Å². The first-order valence-corrected chi connectivity index (χ1v) is 8.24. The number of carbonyl (C=O) groups is 1. The number of nitrogens with zero attached hydrogens (tertiary/aromatic N) is 3. The molecule has 1 amide bonds. The topological polar surface area (TPSA) is 106 Å². The molecule has 2 heterocycles. The smallest absolute Gasteiger partial charge is 0.435 e. The number of halogens is 3. The van der Waals surface area contributed by atoms with Crippen molar-refractivity contribution in [3.05, 3.63) is 65.9 Å². The van der Waals surface area contributed by atoms with Crippen LogP contribution in [0.4, 0.5) is 24.8 Å². The van der Waals surface area contributed by atoms with Gasteiger partial charge in [-0.1, -0.05) is 18.7 Å². The number of nitrogens with one attached hydrogen (secondary N) is 1. The molecular weight excluding hydrogens is 387 g/mol. The molecular formula is C19H16F3N5O2. The zero-order valence-corrected chi connectivity index (χ0v) is 15.2. The Hall–Kier alpha value is -3.82. The molecule has 0 bridgehead atoms. The first-order chi connectivity index (χ1) is 13.6. The second kappa shape index (κ2) is 7.30. The summed E-state index contributed by atoms with van der Waals surface area (Å²) >= 11 is 0. The normalized spacial score (nSPS) is 11.3. The fourth-order valence-electron chi connectivity index (χ4n) is 2.65. The van der Waals surface area contributed by atoms with Crippen LogP contribution in [0.15, 0.2) is 49.0 Å². The lowest BCUT2D eigenvalue weighted by molar-refractivity contribution is -0.141. The fraction of sp³-hybridized carbons (Fsp3) is 0.105. The van der Waals surface area contributed by atoms with Gasteiger partial charge in [0.15, 0.2) is 5.69 Å². The van der Waals surface area contributed by atoms with Crippen LogP contribution in [0.3, 0.4) is 0 Å². The molecule has 0 aliphatic rings. The summed E-state index contributed by atoms with van der Waals surface area (Å²) in [5, 5.41) is 15.4. The highest BCUT2D eigenvalue weighted by Gasteiger charge is 2.35. The van der Waals surface area contributed by atoms with Crippen molar-refractivity contribution in [2.45, 2.75) is 6.18 Å². The summed E-state index contributed by atoms with van der Waals surface area (Å²) in [6, 6.07) is 9.89. The first kappa shape index (κ1) is 19.9. The number of nitrogens with two attached hydrogens (primary N) is 1. The molecule has 7 nitrogen and oxygen atoms in total. The van der Waals surface area contributed by atoms with Gasteiger partial charge in [-0.2, -0.15) is 18.3 Å². The van der Waals surface area contributed by atoms with E-state index in [1.54, 1.807) is 12.1 Å². The van der Waals surface area contributed by atoms with Crippen LogP contribution in [0.1, 0.15) is 21.6 Å². The minimum absolute atomic E-state index is 0.0722. The summed E-state index contributed by atoms with van der Waals surface area (Å²) in [5.41, 5.74) is 5.86. The van der Waals surface area contributed by atoms with E-state index in [4.69, 9.17) is 5.73 Å². The number of aliphatic hydroxyl groups is 1. The number of hydrogen-bond acceptors (Lipinski definition) is 5. The second-order valence-electron chi connectivity index (χ2n) is 6.15. The van der Waals surface area contributed by atoms with Crippen molar-refractivity contribution in [3.8, 4) is 11.3 Å². The highest BCUT2D eigenvalue weighted by molar-refractivity contribution is 6.04. The Morgan fingerprint density at radius 3 is 2.48 bits per heavy atom. The van der Waals surface area contributed by atoms with Crippen LogP contribution in [-0.2, 0) is 13.2 Å². The Morgan fingerprint density at radius 1 is 1.21 bits per heavy atom. The number of anilines is 2. The van der Waals surface area contributed by atoms with Crippen LogP contribution in [0.2, 0.25) is 0 Å². The molecule has 1 aromatic carbocycles. The van der Waals surface area contributed by atoms with E-state index in [9.17, 15) is 23.1 Å². The van der Waals surface area contributed by atoms with Crippen molar-refractivity contribution in [2.75, 3.05) is 11.1 Å². The Morgan fingerprint density at radius 2 is 1.90 bits per heavy atom. The zero-order chi connectivity index (χ0) is 21.3. The van der Waals surface area contributed by atoms with Gasteiger partial charge < -0.3 is 16.2 Å². The van der Waals surface area contributed by atoms with Gasteiger partial charge in [-0.05, 0) is 30.3 Å². The quantitative estimate of drug-likeness (QED) is 0.574. The summed E-state index contributed by atoms with van der Waals surface area (Å²) in [6.07, 6.45) is -4.58. The van der Waals surface area contributed by atoms with Crippen molar-refractivity contribution in [2.24, 2.45) is 7.05 Å². The maximum absolute atomic E-state index is 12.9. The summed E-state index contributed by atoms with van der Waals surface area (Å²) in [4.78, 5) is 16.4. The van der Waals surface area contributed by atoms with E-state index in [1.807, 2.05) is 0 Å². The fourth-order valence-corrected chi connectivity index (χ4v) is 2.65. The SMILES string of the molecule is C=C(O)c1cccc(C(=O)Nc2ccc(-c3cc(C(F)(F)F)nn3C)c(N)n2)c1. The molecule has 3 rings (SSSR count). The maximum atomic E-state index is 12.9. The molecule has 0 atom stereocenters. The number of carbonyl (C=O) groups excluding carboxylic acids is 1. The van der Waals surface area contributed by atoms with Gasteiger partial charge in [0.25, 0.3) is 5.91 Å². The molecule has 0 aliphatic heterocycles. The summed E-state index contributed by atoms with van der Waals surface area (Å²) in [6.45, 7) is 3.40. The molecule has 29 heavy (non-hydrogen) atoms. The number of alkyl halides is 3. The van der Waals surface area contributed by atoms with E-state index >= 15 is 0 Å². The number of aromatic nitrogens is 3. The maximum Gasteiger partial charge on any atom is 0.435 e. The first-order valence-electron chi connectivity index (χ1n) is 8.24. The molecule has 10 heteroatoms. The number of hydrogen-bond donors (Lipinski definition) is 3. The predicted molar refractivity (Wildman–Crippen MR) is 102 cm³/mol. The molecule has 4 N–H and O–H groups in total. The minimum Gasteiger partial charge on any atom is -0.508 e. The van der Waals surface area contributed by atoms with Crippen LogP contribution >= 0.6 is 0 Å². The average Bonchev–Trinajstić information content (AvgIpc) is 3.04. The average molecular weight is 403 g/mol. The number of amides is 1. The molecule has 0 aliphatic carbocycles. The third-order valence-electron chi connectivity index (χ3n) is 4.07. The zero-order valence-electron chi connectivity index (χ0n) is 15.2. The number of nitrogen functional groups attached to an aromatic ring is 1. The van der Waals surface area contributed by atoms with E-state index in [1.165, 1.54) is 31.3 Å². The molecule has 3 aromatic rings.